The Bertz CT molecular complexity index is 1420. The van der Waals surface area contributed by atoms with Crippen molar-refractivity contribution < 1.29 is 28.6 Å². The first-order chi connectivity index (χ1) is 38.0. The van der Waals surface area contributed by atoms with E-state index in [1.54, 1.807) is 0 Å². The third-order valence-electron chi connectivity index (χ3n) is 14.7. The molecule has 0 spiro atoms. The zero-order valence-corrected chi connectivity index (χ0v) is 51.2. The molecule has 0 fully saturated rings. The molecule has 0 aromatic carbocycles. The summed E-state index contributed by atoms with van der Waals surface area (Å²) >= 11 is 0. The van der Waals surface area contributed by atoms with Crippen molar-refractivity contribution in [2.75, 3.05) is 13.2 Å². The maximum atomic E-state index is 12.9. The first-order valence-electron chi connectivity index (χ1n) is 33.4. The summed E-state index contributed by atoms with van der Waals surface area (Å²) in [6.07, 6.45) is 84.8. The lowest BCUT2D eigenvalue weighted by Crippen LogP contribution is -2.30. The molecule has 0 rings (SSSR count). The van der Waals surface area contributed by atoms with Crippen LogP contribution in [0.2, 0.25) is 0 Å². The molecule has 77 heavy (non-hydrogen) atoms. The normalized spacial score (nSPS) is 12.5. The lowest BCUT2D eigenvalue weighted by Gasteiger charge is -2.18. The molecule has 0 saturated heterocycles. The average Bonchev–Trinajstić information content (AvgIpc) is 3.43. The molecule has 0 N–H and O–H groups in total. The Balaban J connectivity index is 4.37. The Labute approximate surface area is 478 Å². The van der Waals surface area contributed by atoms with Crippen molar-refractivity contribution in [1.29, 1.82) is 0 Å². The SMILES string of the molecule is CCCCC/C=C\C/C=C\C/C=C\CCCCCCCCC(=O)OC(COC(=O)CCCCCCCCC/C=C\C/C=C\CCCCC)COC(=O)CCCCCCCCCCCCC/C=C\CCCCCCCCCC. The Morgan fingerprint density at radius 3 is 0.766 bits per heavy atom. The summed E-state index contributed by atoms with van der Waals surface area (Å²) in [6.45, 7) is 6.61. The van der Waals surface area contributed by atoms with Gasteiger partial charge < -0.3 is 14.2 Å². The van der Waals surface area contributed by atoms with E-state index >= 15 is 0 Å². The summed E-state index contributed by atoms with van der Waals surface area (Å²) in [5, 5.41) is 0. The quantitative estimate of drug-likeness (QED) is 0.0261. The molecule has 0 bridgehead atoms. The van der Waals surface area contributed by atoms with Crippen LogP contribution < -0.4 is 0 Å². The second kappa shape index (κ2) is 65.4. The molecule has 0 aliphatic rings. The molecule has 1 unspecified atom stereocenters. The van der Waals surface area contributed by atoms with Crippen LogP contribution in [0, 0.1) is 0 Å². The van der Waals surface area contributed by atoms with E-state index in [0.717, 1.165) is 96.3 Å². The number of carbonyl (C=O) groups is 3. The fraction of sp³-hybridized carbons (Fsp3) is 0.789. The van der Waals surface area contributed by atoms with Gasteiger partial charge in [-0.05, 0) is 116 Å². The Morgan fingerprint density at radius 1 is 0.260 bits per heavy atom. The summed E-state index contributed by atoms with van der Waals surface area (Å²) in [5.74, 6) is -0.887. The van der Waals surface area contributed by atoms with Crippen LogP contribution in [0.4, 0.5) is 0 Å². The number of hydrogen-bond acceptors (Lipinski definition) is 6. The van der Waals surface area contributed by atoms with E-state index in [1.165, 1.54) is 205 Å². The van der Waals surface area contributed by atoms with Crippen molar-refractivity contribution in [3.8, 4) is 0 Å². The van der Waals surface area contributed by atoms with Gasteiger partial charge in [0, 0.05) is 19.3 Å². The lowest BCUT2D eigenvalue weighted by atomic mass is 10.0. The number of esters is 3. The van der Waals surface area contributed by atoms with E-state index in [2.05, 4.69) is 93.7 Å². The number of ether oxygens (including phenoxy) is 3. The fourth-order valence-electron chi connectivity index (χ4n) is 9.59. The van der Waals surface area contributed by atoms with Gasteiger partial charge in [-0.1, -0.05) is 280 Å². The Kier molecular flexibility index (Phi) is 62.7. The predicted octanol–water partition coefficient (Wildman–Crippen LogP) is 22.9. The lowest BCUT2D eigenvalue weighted by molar-refractivity contribution is -0.167. The van der Waals surface area contributed by atoms with Gasteiger partial charge in [0.05, 0.1) is 0 Å². The topological polar surface area (TPSA) is 78.9 Å². The molecule has 1 atom stereocenters. The first-order valence-corrected chi connectivity index (χ1v) is 33.4. The van der Waals surface area contributed by atoms with E-state index in [4.69, 9.17) is 14.2 Å². The van der Waals surface area contributed by atoms with Crippen molar-refractivity contribution in [1.82, 2.24) is 0 Å². The first kappa shape index (κ1) is 73.8. The molecule has 0 aliphatic heterocycles. The molecule has 0 aromatic rings. The minimum atomic E-state index is -0.788. The highest BCUT2D eigenvalue weighted by atomic mass is 16.6. The van der Waals surface area contributed by atoms with Crippen LogP contribution in [0.25, 0.3) is 0 Å². The van der Waals surface area contributed by atoms with Crippen LogP contribution >= 0.6 is 0 Å². The van der Waals surface area contributed by atoms with Crippen molar-refractivity contribution in [2.45, 2.75) is 348 Å². The summed E-state index contributed by atoms with van der Waals surface area (Å²) < 4.78 is 17.0. The van der Waals surface area contributed by atoms with Gasteiger partial charge in [-0.2, -0.15) is 0 Å². The summed E-state index contributed by atoms with van der Waals surface area (Å²) in [7, 11) is 0. The van der Waals surface area contributed by atoms with E-state index < -0.39 is 6.10 Å². The number of unbranched alkanes of at least 4 members (excludes halogenated alkanes) is 38. The molecular formula is C71H126O6. The molecule has 0 heterocycles. The molecule has 6 nitrogen and oxygen atoms in total. The van der Waals surface area contributed by atoms with Gasteiger partial charge in [0.15, 0.2) is 6.10 Å². The fourth-order valence-corrected chi connectivity index (χ4v) is 9.59. The number of hydrogen-bond donors (Lipinski definition) is 0. The van der Waals surface area contributed by atoms with Crippen LogP contribution in [0.15, 0.2) is 72.9 Å². The molecule has 0 radical (unpaired) electrons. The van der Waals surface area contributed by atoms with E-state index in [-0.39, 0.29) is 31.1 Å². The predicted molar refractivity (Wildman–Crippen MR) is 335 cm³/mol. The third kappa shape index (κ3) is 63.6. The van der Waals surface area contributed by atoms with Crippen LogP contribution in [0.5, 0.6) is 0 Å². The van der Waals surface area contributed by atoms with Crippen molar-refractivity contribution in [3.05, 3.63) is 72.9 Å². The monoisotopic (exact) mass is 1070 g/mol. The minimum Gasteiger partial charge on any atom is -0.462 e. The third-order valence-corrected chi connectivity index (χ3v) is 14.7. The van der Waals surface area contributed by atoms with Crippen LogP contribution in [0.1, 0.15) is 342 Å². The summed E-state index contributed by atoms with van der Waals surface area (Å²) in [5.41, 5.74) is 0. The van der Waals surface area contributed by atoms with Gasteiger partial charge in [-0.25, -0.2) is 0 Å². The molecule has 446 valence electrons. The molecule has 6 heteroatoms. The zero-order chi connectivity index (χ0) is 55.7. The molecule has 0 saturated carbocycles. The van der Waals surface area contributed by atoms with Crippen LogP contribution in [0.3, 0.4) is 0 Å². The van der Waals surface area contributed by atoms with Gasteiger partial charge in [0.25, 0.3) is 0 Å². The molecule has 0 aromatic heterocycles. The van der Waals surface area contributed by atoms with Crippen LogP contribution in [-0.2, 0) is 28.6 Å². The number of allylic oxidation sites excluding steroid dienone is 12. The van der Waals surface area contributed by atoms with E-state index in [0.29, 0.717) is 19.3 Å². The Hall–Kier alpha value is -3.15. The second-order valence-electron chi connectivity index (χ2n) is 22.4. The van der Waals surface area contributed by atoms with Gasteiger partial charge >= 0.3 is 17.9 Å². The average molecular weight is 1080 g/mol. The van der Waals surface area contributed by atoms with E-state index in [1.807, 2.05) is 0 Å². The molecular weight excluding hydrogens is 949 g/mol. The minimum absolute atomic E-state index is 0.0822. The van der Waals surface area contributed by atoms with E-state index in [9.17, 15) is 14.4 Å². The zero-order valence-electron chi connectivity index (χ0n) is 51.2. The maximum Gasteiger partial charge on any atom is 0.306 e. The second-order valence-corrected chi connectivity index (χ2v) is 22.4. The van der Waals surface area contributed by atoms with Gasteiger partial charge in [-0.15, -0.1) is 0 Å². The number of rotatable bonds is 61. The number of carbonyl (C=O) groups excluding carboxylic acids is 3. The van der Waals surface area contributed by atoms with Gasteiger partial charge in [0.1, 0.15) is 13.2 Å². The molecule has 0 aliphatic carbocycles. The van der Waals surface area contributed by atoms with Crippen molar-refractivity contribution >= 4 is 17.9 Å². The standard InChI is InChI=1S/C71H126O6/c1-4-7-10-13-16-19-22-25-28-31-33-34-35-36-38-40-43-46-49-52-55-58-61-64-70(73)76-67-68(66-75-69(72)63-60-57-54-51-48-45-42-39-30-27-24-21-18-15-12-9-6-3)77-71(74)65-62-59-56-53-50-47-44-41-37-32-29-26-23-20-17-14-11-8-5-2/h17-18,20-21,26-27,29-31,33,37,41,68H,4-16,19,22-25,28,32,34-36,38-40,42-67H2,1-3H3/b20-17-,21-18-,29-26-,30-27-,33-31-,41-37-. The van der Waals surface area contributed by atoms with Crippen LogP contribution in [-0.4, -0.2) is 37.2 Å². The highest BCUT2D eigenvalue weighted by Gasteiger charge is 2.19. The van der Waals surface area contributed by atoms with Gasteiger partial charge in [0.2, 0.25) is 0 Å². The van der Waals surface area contributed by atoms with Crippen molar-refractivity contribution in [3.63, 3.8) is 0 Å². The summed E-state index contributed by atoms with van der Waals surface area (Å²) in [4.78, 5) is 38.4. The highest BCUT2D eigenvalue weighted by Crippen LogP contribution is 2.16. The maximum absolute atomic E-state index is 12.9. The van der Waals surface area contributed by atoms with Crippen molar-refractivity contribution in [2.24, 2.45) is 0 Å². The largest absolute Gasteiger partial charge is 0.462 e. The van der Waals surface area contributed by atoms with Gasteiger partial charge in [-0.3, -0.25) is 14.4 Å². The molecule has 0 amide bonds. The highest BCUT2D eigenvalue weighted by molar-refractivity contribution is 5.71. The smallest absolute Gasteiger partial charge is 0.306 e. The Morgan fingerprint density at radius 2 is 0.468 bits per heavy atom. The summed E-state index contributed by atoms with van der Waals surface area (Å²) in [6, 6.07) is 0.